The Morgan fingerprint density at radius 2 is 1.66 bits per heavy atom. The van der Waals surface area contributed by atoms with Crippen molar-refractivity contribution in [2.45, 2.75) is 13.3 Å². The highest BCUT2D eigenvalue weighted by atomic mass is 16.5. The molecular weight excluding hydrogens is 402 g/mol. The van der Waals surface area contributed by atoms with Crippen molar-refractivity contribution in [2.24, 2.45) is 0 Å². The highest BCUT2D eigenvalue weighted by Gasteiger charge is 2.23. The van der Waals surface area contributed by atoms with Gasteiger partial charge in [-0.15, -0.1) is 0 Å². The molecule has 0 unspecified atom stereocenters. The number of rotatable bonds is 6. The molecule has 1 fully saturated rings. The van der Waals surface area contributed by atoms with Crippen molar-refractivity contribution in [3.8, 4) is 5.75 Å². The van der Waals surface area contributed by atoms with E-state index >= 15 is 0 Å². The van der Waals surface area contributed by atoms with E-state index in [9.17, 15) is 9.59 Å². The largest absolute Gasteiger partial charge is 0.497 e. The van der Waals surface area contributed by atoms with Crippen molar-refractivity contribution in [3.05, 3.63) is 71.8 Å². The second kappa shape index (κ2) is 9.83. The maximum atomic E-state index is 13.0. The lowest BCUT2D eigenvalue weighted by Gasteiger charge is -2.34. The van der Waals surface area contributed by atoms with Crippen molar-refractivity contribution in [3.63, 3.8) is 0 Å². The van der Waals surface area contributed by atoms with Crippen LogP contribution in [0.5, 0.6) is 5.75 Å². The molecule has 32 heavy (non-hydrogen) atoms. The molecule has 1 heterocycles. The molecule has 0 aliphatic carbocycles. The summed E-state index contributed by atoms with van der Waals surface area (Å²) in [6.07, 6.45) is 0.875. The number of amides is 2. The average Bonchev–Trinajstić information content (AvgIpc) is 2.83. The molecule has 1 aliphatic rings. The van der Waals surface area contributed by atoms with E-state index in [-0.39, 0.29) is 11.8 Å². The zero-order chi connectivity index (χ0) is 22.5. The number of carbonyl (C=O) groups is 2. The van der Waals surface area contributed by atoms with E-state index in [0.29, 0.717) is 38.3 Å². The van der Waals surface area contributed by atoms with Gasteiger partial charge >= 0.3 is 0 Å². The quantitative estimate of drug-likeness (QED) is 0.645. The number of aryl methyl sites for hydroxylation is 1. The summed E-state index contributed by atoms with van der Waals surface area (Å²) in [5.74, 6) is 0.814. The van der Waals surface area contributed by atoms with Gasteiger partial charge in [-0.1, -0.05) is 37.3 Å². The van der Waals surface area contributed by atoms with Gasteiger partial charge in [-0.3, -0.25) is 14.5 Å². The minimum atomic E-state index is -0.0179. The molecule has 0 saturated carbocycles. The number of para-hydroxylation sites is 1. The summed E-state index contributed by atoms with van der Waals surface area (Å²) < 4.78 is 5.27. The minimum absolute atomic E-state index is 0.0179. The van der Waals surface area contributed by atoms with Crippen molar-refractivity contribution >= 4 is 28.3 Å². The van der Waals surface area contributed by atoms with Crippen LogP contribution < -0.4 is 10.1 Å². The molecule has 0 atom stereocenters. The number of methoxy groups -OCH3 is 1. The molecule has 1 aliphatic heterocycles. The first kappa shape index (κ1) is 21.8. The number of benzene rings is 3. The lowest BCUT2D eigenvalue weighted by Crippen LogP contribution is -2.50. The summed E-state index contributed by atoms with van der Waals surface area (Å²) in [7, 11) is 1.65. The Hall–Kier alpha value is -3.38. The van der Waals surface area contributed by atoms with E-state index < -0.39 is 0 Å². The normalized spacial score (nSPS) is 14.4. The summed E-state index contributed by atoms with van der Waals surface area (Å²) in [5, 5.41) is 5.08. The average molecular weight is 432 g/mol. The van der Waals surface area contributed by atoms with Gasteiger partial charge in [0.25, 0.3) is 5.91 Å². The van der Waals surface area contributed by atoms with Crippen molar-refractivity contribution in [2.75, 3.05) is 45.2 Å². The van der Waals surface area contributed by atoms with E-state index in [1.165, 1.54) is 0 Å². The van der Waals surface area contributed by atoms with Crippen LogP contribution in [0.1, 0.15) is 22.8 Å². The number of nitrogens with one attached hydrogen (secondary N) is 1. The van der Waals surface area contributed by atoms with Crippen LogP contribution in [0, 0.1) is 0 Å². The topological polar surface area (TPSA) is 61.9 Å². The van der Waals surface area contributed by atoms with Gasteiger partial charge < -0.3 is 15.0 Å². The Morgan fingerprint density at radius 3 is 2.41 bits per heavy atom. The number of piperazine rings is 1. The molecule has 6 nitrogen and oxygen atoms in total. The highest BCUT2D eigenvalue weighted by molar-refractivity contribution is 5.99. The van der Waals surface area contributed by atoms with Crippen LogP contribution in [-0.4, -0.2) is 61.4 Å². The molecule has 1 N–H and O–H groups in total. The predicted octanol–water partition coefficient (Wildman–Crippen LogP) is 3.81. The second-order valence-corrected chi connectivity index (χ2v) is 8.06. The first-order valence-corrected chi connectivity index (χ1v) is 11.0. The number of hydrogen-bond donors (Lipinski definition) is 1. The zero-order valence-corrected chi connectivity index (χ0v) is 18.6. The van der Waals surface area contributed by atoms with Crippen LogP contribution in [-0.2, 0) is 11.2 Å². The first-order valence-electron chi connectivity index (χ1n) is 11.0. The minimum Gasteiger partial charge on any atom is -0.497 e. The standard InChI is InChI=1S/C26H29N3O3/c1-3-19-6-4-5-7-24(19)27-25(30)18-28-12-14-29(15-13-28)26(31)22-9-8-21-17-23(32-2)11-10-20(21)16-22/h4-11,16-17H,3,12-15,18H2,1-2H3,(H,27,30). The molecule has 0 spiro atoms. The van der Waals surface area contributed by atoms with Gasteiger partial charge in [0.05, 0.1) is 13.7 Å². The monoisotopic (exact) mass is 431 g/mol. The van der Waals surface area contributed by atoms with Crippen LogP contribution in [0.15, 0.2) is 60.7 Å². The maximum Gasteiger partial charge on any atom is 0.253 e. The summed E-state index contributed by atoms with van der Waals surface area (Å²) >= 11 is 0. The molecule has 0 bridgehead atoms. The molecular formula is C26H29N3O3. The third-order valence-electron chi connectivity index (χ3n) is 5.99. The van der Waals surface area contributed by atoms with Gasteiger partial charge in [0.15, 0.2) is 0 Å². The fourth-order valence-corrected chi connectivity index (χ4v) is 4.12. The van der Waals surface area contributed by atoms with Gasteiger partial charge in [-0.2, -0.15) is 0 Å². The van der Waals surface area contributed by atoms with Crippen LogP contribution in [0.25, 0.3) is 10.8 Å². The number of carbonyl (C=O) groups excluding carboxylic acids is 2. The third kappa shape index (κ3) is 4.92. The molecule has 6 heteroatoms. The molecule has 0 radical (unpaired) electrons. The van der Waals surface area contributed by atoms with E-state index in [4.69, 9.17) is 4.74 Å². The highest BCUT2D eigenvalue weighted by Crippen LogP contribution is 2.23. The van der Waals surface area contributed by atoms with Crippen LogP contribution in [0.3, 0.4) is 0 Å². The van der Waals surface area contributed by atoms with E-state index in [0.717, 1.165) is 34.2 Å². The summed E-state index contributed by atoms with van der Waals surface area (Å²) in [6, 6.07) is 19.5. The molecule has 0 aromatic heterocycles. The van der Waals surface area contributed by atoms with E-state index in [1.54, 1.807) is 7.11 Å². The van der Waals surface area contributed by atoms with E-state index in [2.05, 4.69) is 17.1 Å². The number of anilines is 1. The Bertz CT molecular complexity index is 1120. The molecule has 3 aromatic rings. The number of ether oxygens (including phenoxy) is 1. The Morgan fingerprint density at radius 1 is 0.938 bits per heavy atom. The first-order chi connectivity index (χ1) is 15.6. The van der Waals surface area contributed by atoms with Gasteiger partial charge in [-0.25, -0.2) is 0 Å². The molecule has 1 saturated heterocycles. The van der Waals surface area contributed by atoms with Gasteiger partial charge in [0.2, 0.25) is 5.91 Å². The number of fused-ring (bicyclic) bond motifs is 1. The van der Waals surface area contributed by atoms with Gasteiger partial charge in [0.1, 0.15) is 5.75 Å². The van der Waals surface area contributed by atoms with Crippen molar-refractivity contribution in [1.82, 2.24) is 9.80 Å². The van der Waals surface area contributed by atoms with Crippen LogP contribution >= 0.6 is 0 Å². The Kier molecular flexibility index (Phi) is 6.71. The molecule has 166 valence electrons. The molecule has 3 aromatic carbocycles. The lowest BCUT2D eigenvalue weighted by atomic mass is 10.1. The fourth-order valence-electron chi connectivity index (χ4n) is 4.12. The number of hydrogen-bond acceptors (Lipinski definition) is 4. The summed E-state index contributed by atoms with van der Waals surface area (Å²) in [6.45, 7) is 4.99. The molecule has 4 rings (SSSR count). The summed E-state index contributed by atoms with van der Waals surface area (Å²) in [5.41, 5.74) is 2.69. The van der Waals surface area contributed by atoms with Crippen LogP contribution in [0.2, 0.25) is 0 Å². The van der Waals surface area contributed by atoms with Gasteiger partial charge in [0, 0.05) is 37.4 Å². The van der Waals surface area contributed by atoms with Crippen molar-refractivity contribution in [1.29, 1.82) is 0 Å². The van der Waals surface area contributed by atoms with E-state index in [1.807, 2.05) is 65.6 Å². The summed E-state index contributed by atoms with van der Waals surface area (Å²) in [4.78, 5) is 29.5. The zero-order valence-electron chi connectivity index (χ0n) is 18.6. The van der Waals surface area contributed by atoms with Crippen molar-refractivity contribution < 1.29 is 14.3 Å². The smallest absolute Gasteiger partial charge is 0.253 e. The lowest BCUT2D eigenvalue weighted by molar-refractivity contribution is -0.117. The maximum absolute atomic E-state index is 13.0. The van der Waals surface area contributed by atoms with Crippen LogP contribution in [0.4, 0.5) is 5.69 Å². The fraction of sp³-hybridized carbons (Fsp3) is 0.308. The predicted molar refractivity (Wildman–Crippen MR) is 127 cm³/mol. The Labute approximate surface area is 188 Å². The molecule has 2 amide bonds. The SMILES string of the molecule is CCc1ccccc1NC(=O)CN1CCN(C(=O)c2ccc3cc(OC)ccc3c2)CC1. The second-order valence-electron chi connectivity index (χ2n) is 8.06. The third-order valence-corrected chi connectivity index (χ3v) is 5.99. The Balaban J connectivity index is 1.32. The van der Waals surface area contributed by atoms with Gasteiger partial charge in [-0.05, 0) is 53.1 Å². The number of nitrogens with zero attached hydrogens (tertiary/aromatic N) is 2.